The summed E-state index contributed by atoms with van der Waals surface area (Å²) in [4.78, 5) is 32.5. The molecular weight excluding hydrogens is 328 g/mol. The Balaban J connectivity index is 1.49. The zero-order chi connectivity index (χ0) is 18.1. The number of rotatable bonds is 3. The van der Waals surface area contributed by atoms with Crippen LogP contribution < -0.4 is 5.73 Å². The Bertz CT molecular complexity index is 781. The van der Waals surface area contributed by atoms with Crippen molar-refractivity contribution in [2.75, 3.05) is 26.2 Å². The highest BCUT2D eigenvalue weighted by Gasteiger charge is 2.45. The summed E-state index contributed by atoms with van der Waals surface area (Å²) in [6.07, 6.45) is 4.69. The largest absolute Gasteiger partial charge is 0.368 e. The van der Waals surface area contributed by atoms with Crippen molar-refractivity contribution < 1.29 is 9.59 Å². The number of H-pyrrole nitrogens is 1. The van der Waals surface area contributed by atoms with E-state index >= 15 is 0 Å². The van der Waals surface area contributed by atoms with E-state index in [9.17, 15) is 9.59 Å². The summed E-state index contributed by atoms with van der Waals surface area (Å²) in [6.45, 7) is 2.99. The number of carbonyl (C=O) groups excluding carboxylic acids is 2. The van der Waals surface area contributed by atoms with Crippen molar-refractivity contribution in [2.24, 2.45) is 5.73 Å². The van der Waals surface area contributed by atoms with Crippen molar-refractivity contribution in [1.29, 1.82) is 0 Å². The predicted molar refractivity (Wildman–Crippen MR) is 101 cm³/mol. The number of aromatic nitrogens is 1. The Morgan fingerprint density at radius 1 is 1.00 bits per heavy atom. The quantitative estimate of drug-likeness (QED) is 0.886. The van der Waals surface area contributed by atoms with Crippen LogP contribution in [-0.4, -0.2) is 58.3 Å². The number of hydrogen-bond donors (Lipinski definition) is 2. The molecule has 138 valence electrons. The maximum Gasteiger partial charge on any atom is 0.270 e. The van der Waals surface area contributed by atoms with Gasteiger partial charge in [-0.1, -0.05) is 24.6 Å². The summed E-state index contributed by atoms with van der Waals surface area (Å²) in [7, 11) is 0. The van der Waals surface area contributed by atoms with Crippen LogP contribution in [0.25, 0.3) is 10.9 Å². The van der Waals surface area contributed by atoms with E-state index in [0.717, 1.165) is 36.8 Å². The number of fused-ring (bicyclic) bond motifs is 1. The Morgan fingerprint density at radius 2 is 1.69 bits per heavy atom. The van der Waals surface area contributed by atoms with E-state index in [1.54, 1.807) is 0 Å². The van der Waals surface area contributed by atoms with Gasteiger partial charge < -0.3 is 15.6 Å². The van der Waals surface area contributed by atoms with Crippen LogP contribution in [0.3, 0.4) is 0 Å². The number of carbonyl (C=O) groups is 2. The molecule has 6 nitrogen and oxygen atoms in total. The lowest BCUT2D eigenvalue weighted by molar-refractivity contribution is -0.134. The smallest absolute Gasteiger partial charge is 0.270 e. The lowest BCUT2D eigenvalue weighted by atomic mass is 9.83. The number of likely N-dealkylation sites (tertiary alicyclic amines) is 2. The van der Waals surface area contributed by atoms with E-state index < -0.39 is 5.54 Å². The number of nitrogens with zero attached hydrogens (tertiary/aromatic N) is 2. The first-order chi connectivity index (χ1) is 12.6. The van der Waals surface area contributed by atoms with Gasteiger partial charge in [-0.3, -0.25) is 14.5 Å². The fourth-order valence-electron chi connectivity index (χ4n) is 4.48. The average Bonchev–Trinajstić information content (AvgIpc) is 3.12. The summed E-state index contributed by atoms with van der Waals surface area (Å²) >= 11 is 0. The molecule has 2 aromatic rings. The van der Waals surface area contributed by atoms with Crippen molar-refractivity contribution in [3.63, 3.8) is 0 Å². The molecule has 0 atom stereocenters. The number of benzene rings is 1. The average molecular weight is 354 g/mol. The number of primary amides is 1. The minimum Gasteiger partial charge on any atom is -0.368 e. The van der Waals surface area contributed by atoms with Crippen molar-refractivity contribution in [1.82, 2.24) is 14.8 Å². The Hall–Kier alpha value is -2.34. The Kier molecular flexibility index (Phi) is 4.44. The summed E-state index contributed by atoms with van der Waals surface area (Å²) in [5.74, 6) is -0.241. The number of para-hydroxylation sites is 1. The van der Waals surface area contributed by atoms with E-state index in [0.29, 0.717) is 31.6 Å². The van der Waals surface area contributed by atoms with E-state index in [1.165, 1.54) is 6.42 Å². The Labute approximate surface area is 153 Å². The van der Waals surface area contributed by atoms with Crippen molar-refractivity contribution in [2.45, 2.75) is 37.6 Å². The van der Waals surface area contributed by atoms with Crippen LogP contribution in [0, 0.1) is 0 Å². The first-order valence-electron chi connectivity index (χ1n) is 9.52. The van der Waals surface area contributed by atoms with Crippen LogP contribution in [-0.2, 0) is 4.79 Å². The number of hydrogen-bond acceptors (Lipinski definition) is 3. The van der Waals surface area contributed by atoms with Crippen LogP contribution in [0.2, 0.25) is 0 Å². The van der Waals surface area contributed by atoms with Gasteiger partial charge in [0.15, 0.2) is 0 Å². The SMILES string of the molecule is NC(=O)C1(N2CCCCC2)CCN(C(=O)c2cc3ccccc3[nH]2)CC1. The molecule has 2 aliphatic heterocycles. The van der Waals surface area contributed by atoms with Gasteiger partial charge in [-0.05, 0) is 50.9 Å². The molecule has 3 N–H and O–H groups in total. The standard InChI is InChI=1S/C20H26N4O2/c21-19(26)20(24-10-4-1-5-11-24)8-12-23(13-9-20)18(25)17-14-15-6-2-3-7-16(15)22-17/h2-3,6-7,14,22H,1,4-5,8-13H2,(H2,21,26). The summed E-state index contributed by atoms with van der Waals surface area (Å²) in [5.41, 5.74) is 6.81. The fraction of sp³-hybridized carbons (Fsp3) is 0.500. The molecule has 2 amide bonds. The second-order valence-electron chi connectivity index (χ2n) is 7.51. The number of nitrogens with one attached hydrogen (secondary N) is 1. The molecule has 2 fully saturated rings. The first kappa shape index (κ1) is 17.1. The molecule has 0 unspecified atom stereocenters. The molecule has 0 bridgehead atoms. The molecule has 6 heteroatoms. The third-order valence-corrected chi connectivity index (χ3v) is 6.06. The number of amides is 2. The highest BCUT2D eigenvalue weighted by molar-refractivity contribution is 5.98. The first-order valence-corrected chi connectivity index (χ1v) is 9.52. The molecule has 4 rings (SSSR count). The maximum absolute atomic E-state index is 12.9. The van der Waals surface area contributed by atoms with Crippen LogP contribution in [0.5, 0.6) is 0 Å². The predicted octanol–water partition coefficient (Wildman–Crippen LogP) is 2.11. The van der Waals surface area contributed by atoms with Crippen molar-refractivity contribution >= 4 is 22.7 Å². The number of piperidine rings is 2. The molecule has 0 saturated carbocycles. The van der Waals surface area contributed by atoms with E-state index in [4.69, 9.17) is 5.73 Å². The second-order valence-corrected chi connectivity index (χ2v) is 7.51. The Morgan fingerprint density at radius 3 is 2.35 bits per heavy atom. The third-order valence-electron chi connectivity index (χ3n) is 6.06. The van der Waals surface area contributed by atoms with Crippen LogP contribution >= 0.6 is 0 Å². The van der Waals surface area contributed by atoms with Gasteiger partial charge in [-0.15, -0.1) is 0 Å². The normalized spacial score (nSPS) is 21.0. The van der Waals surface area contributed by atoms with Crippen molar-refractivity contribution in [3.05, 3.63) is 36.0 Å². The molecule has 0 spiro atoms. The van der Waals surface area contributed by atoms with Gasteiger partial charge in [0.1, 0.15) is 11.2 Å². The maximum atomic E-state index is 12.9. The molecule has 1 aromatic carbocycles. The molecule has 2 aliphatic rings. The minimum atomic E-state index is -0.586. The van der Waals surface area contributed by atoms with Crippen LogP contribution in [0.4, 0.5) is 0 Å². The second kappa shape index (κ2) is 6.76. The molecule has 1 aromatic heterocycles. The van der Waals surface area contributed by atoms with Gasteiger partial charge in [0.25, 0.3) is 5.91 Å². The topological polar surface area (TPSA) is 82.4 Å². The van der Waals surface area contributed by atoms with Crippen LogP contribution in [0.15, 0.2) is 30.3 Å². The van der Waals surface area contributed by atoms with Crippen molar-refractivity contribution in [3.8, 4) is 0 Å². The fourth-order valence-corrected chi connectivity index (χ4v) is 4.48. The summed E-state index contributed by atoms with van der Waals surface area (Å²) < 4.78 is 0. The zero-order valence-electron chi connectivity index (χ0n) is 15.0. The lowest BCUT2D eigenvalue weighted by Crippen LogP contribution is -2.63. The van der Waals surface area contributed by atoms with Crippen LogP contribution in [0.1, 0.15) is 42.6 Å². The number of aromatic amines is 1. The molecular formula is C20H26N4O2. The van der Waals surface area contributed by atoms with Gasteiger partial charge in [-0.2, -0.15) is 0 Å². The molecule has 2 saturated heterocycles. The zero-order valence-corrected chi connectivity index (χ0v) is 15.0. The van der Waals surface area contributed by atoms with Gasteiger partial charge in [0.2, 0.25) is 5.91 Å². The molecule has 26 heavy (non-hydrogen) atoms. The molecule has 0 aliphatic carbocycles. The minimum absolute atomic E-state index is 0.00193. The monoisotopic (exact) mass is 354 g/mol. The van der Waals surface area contributed by atoms with E-state index in [2.05, 4.69) is 9.88 Å². The molecule has 3 heterocycles. The van der Waals surface area contributed by atoms with Gasteiger partial charge in [-0.25, -0.2) is 0 Å². The lowest BCUT2D eigenvalue weighted by Gasteiger charge is -2.48. The summed E-state index contributed by atoms with van der Waals surface area (Å²) in [6, 6.07) is 9.78. The highest BCUT2D eigenvalue weighted by atomic mass is 16.2. The van der Waals surface area contributed by atoms with E-state index in [1.807, 2.05) is 35.2 Å². The van der Waals surface area contributed by atoms with Gasteiger partial charge >= 0.3 is 0 Å². The third kappa shape index (κ3) is 2.88. The number of nitrogens with two attached hydrogens (primary N) is 1. The van der Waals surface area contributed by atoms with Gasteiger partial charge in [0, 0.05) is 24.0 Å². The van der Waals surface area contributed by atoms with E-state index in [-0.39, 0.29) is 11.8 Å². The van der Waals surface area contributed by atoms with Gasteiger partial charge in [0.05, 0.1) is 0 Å². The summed E-state index contributed by atoms with van der Waals surface area (Å²) in [5, 5.41) is 1.03. The highest BCUT2D eigenvalue weighted by Crippen LogP contribution is 2.32. The molecule has 0 radical (unpaired) electrons.